The summed E-state index contributed by atoms with van der Waals surface area (Å²) >= 11 is 0. The van der Waals surface area contributed by atoms with Crippen LogP contribution in [0.3, 0.4) is 0 Å². The van der Waals surface area contributed by atoms with Crippen molar-refractivity contribution in [2.45, 2.75) is 31.2 Å². The first-order valence-electron chi connectivity index (χ1n) is 5.38. The third-order valence-corrected chi connectivity index (χ3v) is 3.20. The first-order chi connectivity index (χ1) is 6.72. The molecule has 2 rings (SSSR count). The molecule has 80 valence electrons. The first kappa shape index (κ1) is 9.93. The molecule has 2 heterocycles. The van der Waals surface area contributed by atoms with Crippen LogP contribution in [0.15, 0.2) is 0 Å². The molecule has 0 bridgehead atoms. The summed E-state index contributed by atoms with van der Waals surface area (Å²) in [6.07, 6.45) is 3.58. The summed E-state index contributed by atoms with van der Waals surface area (Å²) in [5, 5.41) is 0. The van der Waals surface area contributed by atoms with Gasteiger partial charge in [-0.05, 0) is 25.7 Å². The topological polar surface area (TPSA) is 55.6 Å². The number of hydrogen-bond acceptors (Lipinski definition) is 3. The summed E-state index contributed by atoms with van der Waals surface area (Å²) in [7, 11) is 0. The standard InChI is InChI=1S/C10H18N2O2/c11-10(3-7-14-8-4-10)9(13)12-5-1-2-6-12/h1-8,11H2. The molecule has 4 nitrogen and oxygen atoms in total. The predicted octanol–water partition coefficient (Wildman–Crippen LogP) is 0.117. The van der Waals surface area contributed by atoms with E-state index in [1.54, 1.807) is 0 Å². The Labute approximate surface area is 84.4 Å². The molecule has 0 spiro atoms. The highest BCUT2D eigenvalue weighted by atomic mass is 16.5. The molecule has 2 saturated heterocycles. The molecule has 0 aromatic rings. The fourth-order valence-corrected chi connectivity index (χ4v) is 2.18. The van der Waals surface area contributed by atoms with E-state index in [0.717, 1.165) is 25.9 Å². The van der Waals surface area contributed by atoms with Crippen LogP contribution in [0.25, 0.3) is 0 Å². The lowest BCUT2D eigenvalue weighted by atomic mass is 9.90. The van der Waals surface area contributed by atoms with Crippen molar-refractivity contribution in [1.82, 2.24) is 4.90 Å². The van der Waals surface area contributed by atoms with Crippen molar-refractivity contribution in [1.29, 1.82) is 0 Å². The third kappa shape index (κ3) is 1.77. The van der Waals surface area contributed by atoms with Gasteiger partial charge < -0.3 is 15.4 Å². The smallest absolute Gasteiger partial charge is 0.242 e. The van der Waals surface area contributed by atoms with Gasteiger partial charge in [-0.1, -0.05) is 0 Å². The Morgan fingerprint density at radius 3 is 2.36 bits per heavy atom. The van der Waals surface area contributed by atoms with E-state index in [0.29, 0.717) is 26.1 Å². The predicted molar refractivity (Wildman–Crippen MR) is 52.8 cm³/mol. The van der Waals surface area contributed by atoms with Crippen LogP contribution >= 0.6 is 0 Å². The number of nitrogens with two attached hydrogens (primary N) is 1. The minimum atomic E-state index is -0.636. The summed E-state index contributed by atoms with van der Waals surface area (Å²) in [5.41, 5.74) is 5.47. The van der Waals surface area contributed by atoms with Gasteiger partial charge in [0.05, 0.1) is 5.54 Å². The molecule has 2 N–H and O–H groups in total. The van der Waals surface area contributed by atoms with Gasteiger partial charge in [0.15, 0.2) is 0 Å². The second-order valence-electron chi connectivity index (χ2n) is 4.27. The number of likely N-dealkylation sites (tertiary alicyclic amines) is 1. The van der Waals surface area contributed by atoms with E-state index < -0.39 is 5.54 Å². The van der Waals surface area contributed by atoms with Crippen LogP contribution in [0, 0.1) is 0 Å². The Hall–Kier alpha value is -0.610. The molecule has 0 atom stereocenters. The highest BCUT2D eigenvalue weighted by Crippen LogP contribution is 2.22. The molecule has 0 saturated carbocycles. The monoisotopic (exact) mass is 198 g/mol. The molecule has 0 aliphatic carbocycles. The van der Waals surface area contributed by atoms with Crippen LogP contribution in [-0.4, -0.2) is 42.6 Å². The summed E-state index contributed by atoms with van der Waals surface area (Å²) in [4.78, 5) is 14.0. The molecule has 0 radical (unpaired) electrons. The van der Waals surface area contributed by atoms with Gasteiger partial charge in [-0.2, -0.15) is 0 Å². The fourth-order valence-electron chi connectivity index (χ4n) is 2.18. The van der Waals surface area contributed by atoms with Gasteiger partial charge in [0.1, 0.15) is 0 Å². The van der Waals surface area contributed by atoms with Crippen LogP contribution in [0.2, 0.25) is 0 Å². The number of hydrogen-bond donors (Lipinski definition) is 1. The molecule has 0 aromatic heterocycles. The Morgan fingerprint density at radius 1 is 1.21 bits per heavy atom. The van der Waals surface area contributed by atoms with Crippen LogP contribution in [-0.2, 0) is 9.53 Å². The fraction of sp³-hybridized carbons (Fsp3) is 0.900. The Bertz CT molecular complexity index is 218. The molecule has 2 aliphatic heterocycles. The molecular weight excluding hydrogens is 180 g/mol. The highest BCUT2D eigenvalue weighted by Gasteiger charge is 2.39. The lowest BCUT2D eigenvalue weighted by molar-refractivity contribution is -0.139. The zero-order valence-electron chi connectivity index (χ0n) is 8.50. The largest absolute Gasteiger partial charge is 0.381 e. The maximum atomic E-state index is 12.1. The van der Waals surface area contributed by atoms with Crippen LogP contribution in [0.5, 0.6) is 0 Å². The zero-order chi connectivity index (χ0) is 10.0. The van der Waals surface area contributed by atoms with E-state index in [-0.39, 0.29) is 5.91 Å². The van der Waals surface area contributed by atoms with Gasteiger partial charge in [0, 0.05) is 26.3 Å². The summed E-state index contributed by atoms with van der Waals surface area (Å²) in [5.74, 6) is 0.137. The number of nitrogens with zero attached hydrogens (tertiary/aromatic N) is 1. The van der Waals surface area contributed by atoms with Crippen LogP contribution in [0.4, 0.5) is 0 Å². The normalized spacial score (nSPS) is 26.5. The summed E-state index contributed by atoms with van der Waals surface area (Å²) in [6.45, 7) is 3.02. The molecule has 14 heavy (non-hydrogen) atoms. The Morgan fingerprint density at radius 2 is 1.79 bits per heavy atom. The zero-order valence-corrected chi connectivity index (χ0v) is 8.50. The number of carbonyl (C=O) groups is 1. The Kier molecular flexibility index (Phi) is 2.74. The van der Waals surface area contributed by atoms with Crippen molar-refractivity contribution < 1.29 is 9.53 Å². The third-order valence-electron chi connectivity index (χ3n) is 3.20. The number of carbonyl (C=O) groups excluding carboxylic acids is 1. The van der Waals surface area contributed by atoms with Gasteiger partial charge in [0.25, 0.3) is 0 Å². The molecular formula is C10H18N2O2. The van der Waals surface area contributed by atoms with E-state index in [9.17, 15) is 4.79 Å². The minimum absolute atomic E-state index is 0.137. The van der Waals surface area contributed by atoms with Gasteiger partial charge in [0.2, 0.25) is 5.91 Å². The summed E-state index contributed by atoms with van der Waals surface area (Å²) in [6, 6.07) is 0. The lowest BCUT2D eigenvalue weighted by Gasteiger charge is -2.35. The van der Waals surface area contributed by atoms with Crippen molar-refractivity contribution in [2.75, 3.05) is 26.3 Å². The van der Waals surface area contributed by atoms with Gasteiger partial charge in [-0.3, -0.25) is 4.79 Å². The van der Waals surface area contributed by atoms with Crippen molar-refractivity contribution >= 4 is 5.91 Å². The van der Waals surface area contributed by atoms with Gasteiger partial charge in [-0.15, -0.1) is 0 Å². The number of amides is 1. The minimum Gasteiger partial charge on any atom is -0.381 e. The van der Waals surface area contributed by atoms with Crippen LogP contribution in [0.1, 0.15) is 25.7 Å². The second-order valence-corrected chi connectivity index (χ2v) is 4.27. The molecule has 2 fully saturated rings. The quantitative estimate of drug-likeness (QED) is 0.651. The first-order valence-corrected chi connectivity index (χ1v) is 5.38. The highest BCUT2D eigenvalue weighted by molar-refractivity contribution is 5.86. The lowest BCUT2D eigenvalue weighted by Crippen LogP contribution is -2.57. The average molecular weight is 198 g/mol. The maximum absolute atomic E-state index is 12.1. The molecule has 0 aromatic carbocycles. The molecule has 4 heteroatoms. The van der Waals surface area contributed by atoms with Gasteiger partial charge >= 0.3 is 0 Å². The molecule has 0 unspecified atom stereocenters. The Balaban J connectivity index is 2.00. The van der Waals surface area contributed by atoms with Crippen molar-refractivity contribution in [3.63, 3.8) is 0 Å². The molecule has 1 amide bonds. The SMILES string of the molecule is NC1(C(=O)N2CCCC2)CCOCC1. The average Bonchev–Trinajstić information content (AvgIpc) is 2.70. The van der Waals surface area contributed by atoms with E-state index >= 15 is 0 Å². The molecule has 2 aliphatic rings. The maximum Gasteiger partial charge on any atom is 0.242 e. The summed E-state index contributed by atoms with van der Waals surface area (Å²) < 4.78 is 5.23. The van der Waals surface area contributed by atoms with Crippen LogP contribution < -0.4 is 5.73 Å². The van der Waals surface area contributed by atoms with E-state index in [4.69, 9.17) is 10.5 Å². The van der Waals surface area contributed by atoms with Gasteiger partial charge in [-0.25, -0.2) is 0 Å². The van der Waals surface area contributed by atoms with Crippen molar-refractivity contribution in [3.05, 3.63) is 0 Å². The van der Waals surface area contributed by atoms with E-state index in [1.807, 2.05) is 4.90 Å². The number of ether oxygens (including phenoxy) is 1. The van der Waals surface area contributed by atoms with Crippen molar-refractivity contribution in [3.8, 4) is 0 Å². The second kappa shape index (κ2) is 3.87. The number of rotatable bonds is 1. The van der Waals surface area contributed by atoms with E-state index in [1.165, 1.54) is 0 Å². The van der Waals surface area contributed by atoms with E-state index in [2.05, 4.69) is 0 Å². The van der Waals surface area contributed by atoms with Crippen molar-refractivity contribution in [2.24, 2.45) is 5.73 Å².